The highest BCUT2D eigenvalue weighted by atomic mass is 19.1. The summed E-state index contributed by atoms with van der Waals surface area (Å²) >= 11 is 0. The van der Waals surface area contributed by atoms with Gasteiger partial charge in [0.05, 0.1) is 11.9 Å². The molecular weight excluding hydrogens is 273 g/mol. The van der Waals surface area contributed by atoms with E-state index < -0.39 is 5.95 Å². The smallest absolute Gasteiger partial charge is 0.215 e. The Hall–Kier alpha value is -2.74. The van der Waals surface area contributed by atoms with Gasteiger partial charge in [0.1, 0.15) is 18.3 Å². The Bertz CT molecular complexity index is 719. The van der Waals surface area contributed by atoms with Crippen LogP contribution in [0.4, 0.5) is 16.0 Å². The summed E-state index contributed by atoms with van der Waals surface area (Å²) in [4.78, 5) is 10.00. The van der Waals surface area contributed by atoms with Crippen LogP contribution in [0.1, 0.15) is 5.56 Å². The molecule has 2 aromatic rings. The van der Waals surface area contributed by atoms with Gasteiger partial charge in [0.25, 0.3) is 0 Å². The summed E-state index contributed by atoms with van der Waals surface area (Å²) in [6.07, 6.45) is 5.42. The second-order valence-corrected chi connectivity index (χ2v) is 4.49. The van der Waals surface area contributed by atoms with E-state index in [1.807, 2.05) is 30.3 Å². The molecule has 0 fully saturated rings. The van der Waals surface area contributed by atoms with E-state index in [1.165, 1.54) is 6.07 Å². The summed E-state index contributed by atoms with van der Waals surface area (Å²) in [5.41, 5.74) is 3.63. The van der Waals surface area contributed by atoms with Crippen molar-refractivity contribution in [3.05, 3.63) is 48.2 Å². The number of anilines is 2. The average molecular weight is 287 g/mol. The van der Waals surface area contributed by atoms with E-state index in [0.717, 1.165) is 5.82 Å². The summed E-state index contributed by atoms with van der Waals surface area (Å²) in [5, 5.41) is 4.12. The monoisotopic (exact) mass is 287 g/mol. The van der Waals surface area contributed by atoms with Crippen molar-refractivity contribution in [1.29, 1.82) is 0 Å². The Morgan fingerprint density at radius 2 is 2.24 bits per heavy atom. The number of nitrogen functional groups attached to an aromatic ring is 1. The molecule has 0 bridgehead atoms. The van der Waals surface area contributed by atoms with Gasteiger partial charge in [-0.15, -0.1) is 0 Å². The first-order chi connectivity index (χ1) is 10.2. The highest BCUT2D eigenvalue weighted by molar-refractivity contribution is 6.09. The highest BCUT2D eigenvalue weighted by Crippen LogP contribution is 2.18. The van der Waals surface area contributed by atoms with Gasteiger partial charge >= 0.3 is 0 Å². The summed E-state index contributed by atoms with van der Waals surface area (Å²) in [7, 11) is 1.86. The van der Waals surface area contributed by atoms with E-state index in [0.29, 0.717) is 17.9 Å². The first-order valence-corrected chi connectivity index (χ1v) is 6.29. The fourth-order valence-electron chi connectivity index (χ4n) is 2.12. The Kier molecular flexibility index (Phi) is 3.36. The molecule has 1 aliphatic heterocycles. The molecule has 0 saturated carbocycles. The molecule has 3 rings (SSSR count). The van der Waals surface area contributed by atoms with Gasteiger partial charge < -0.3 is 10.3 Å². The van der Waals surface area contributed by atoms with Gasteiger partial charge in [-0.25, -0.2) is 10.8 Å². The molecular formula is C13H14FN7. The van der Waals surface area contributed by atoms with Crippen molar-refractivity contribution >= 4 is 17.3 Å². The zero-order chi connectivity index (χ0) is 14.8. The number of nitrogens with two attached hydrogens (primary N) is 1. The Morgan fingerprint density at radius 3 is 2.86 bits per heavy atom. The van der Waals surface area contributed by atoms with Crippen molar-refractivity contribution in [3.63, 3.8) is 0 Å². The number of hydrogen-bond acceptors (Lipinski definition) is 6. The van der Waals surface area contributed by atoms with Crippen molar-refractivity contribution < 1.29 is 4.39 Å². The number of nitrogens with zero attached hydrogens (tertiary/aromatic N) is 5. The normalized spacial score (nSPS) is 14.2. The summed E-state index contributed by atoms with van der Waals surface area (Å²) < 4.78 is 15.2. The number of halogens is 1. The highest BCUT2D eigenvalue weighted by Gasteiger charge is 2.13. The topological polar surface area (TPSA) is 84.4 Å². The molecule has 108 valence electrons. The van der Waals surface area contributed by atoms with Gasteiger partial charge in [-0.3, -0.25) is 9.67 Å². The van der Waals surface area contributed by atoms with E-state index in [-0.39, 0.29) is 5.82 Å². The van der Waals surface area contributed by atoms with E-state index in [1.54, 1.807) is 16.9 Å². The molecule has 21 heavy (non-hydrogen) atoms. The number of aryl methyl sites for hydroxylation is 1. The van der Waals surface area contributed by atoms with Crippen LogP contribution < -0.4 is 16.2 Å². The third-order valence-corrected chi connectivity index (χ3v) is 3.13. The van der Waals surface area contributed by atoms with Crippen LogP contribution in [0.25, 0.3) is 0 Å². The van der Waals surface area contributed by atoms with Gasteiger partial charge in [-0.2, -0.15) is 9.49 Å². The van der Waals surface area contributed by atoms with Crippen LogP contribution in [0.15, 0.2) is 41.7 Å². The second-order valence-electron chi connectivity index (χ2n) is 4.49. The minimum absolute atomic E-state index is 0.259. The second kappa shape index (κ2) is 5.33. The molecule has 0 amide bonds. The number of hydrogen-bond donors (Lipinski definition) is 2. The molecule has 0 unspecified atom stereocenters. The SMILES string of the molecule is Cn1nccc1N1C=CC(c2cc(F)nc(NN)c2)=NC1. The lowest BCUT2D eigenvalue weighted by Crippen LogP contribution is -2.24. The molecule has 0 aliphatic carbocycles. The zero-order valence-corrected chi connectivity index (χ0v) is 11.4. The molecule has 0 atom stereocenters. The summed E-state index contributed by atoms with van der Waals surface area (Å²) in [5.74, 6) is 5.85. The number of allylic oxidation sites excluding steroid dienone is 1. The number of aromatic nitrogens is 3. The fourth-order valence-corrected chi connectivity index (χ4v) is 2.12. The summed E-state index contributed by atoms with van der Waals surface area (Å²) in [6, 6.07) is 4.86. The van der Waals surface area contributed by atoms with Gasteiger partial charge in [0, 0.05) is 30.9 Å². The van der Waals surface area contributed by atoms with E-state index in [2.05, 4.69) is 20.5 Å². The zero-order valence-electron chi connectivity index (χ0n) is 11.4. The number of nitrogens with one attached hydrogen (secondary N) is 1. The Labute approximate surface area is 120 Å². The third kappa shape index (κ3) is 2.61. The average Bonchev–Trinajstić information content (AvgIpc) is 2.93. The van der Waals surface area contributed by atoms with E-state index >= 15 is 0 Å². The molecule has 7 nitrogen and oxygen atoms in total. The lowest BCUT2D eigenvalue weighted by atomic mass is 10.1. The van der Waals surface area contributed by atoms with Crippen LogP contribution in [-0.2, 0) is 7.05 Å². The number of pyridine rings is 1. The minimum atomic E-state index is -0.606. The molecule has 0 spiro atoms. The van der Waals surface area contributed by atoms with Crippen molar-refractivity contribution in [3.8, 4) is 0 Å². The fraction of sp³-hybridized carbons (Fsp3) is 0.154. The Balaban J connectivity index is 1.84. The molecule has 0 radical (unpaired) electrons. The lowest BCUT2D eigenvalue weighted by molar-refractivity contribution is 0.585. The van der Waals surface area contributed by atoms with Gasteiger partial charge in [0.15, 0.2) is 0 Å². The quantitative estimate of drug-likeness (QED) is 0.500. The van der Waals surface area contributed by atoms with E-state index in [9.17, 15) is 4.39 Å². The minimum Gasteiger partial charge on any atom is -0.313 e. The maximum atomic E-state index is 13.4. The van der Waals surface area contributed by atoms with Crippen molar-refractivity contribution in [1.82, 2.24) is 14.8 Å². The van der Waals surface area contributed by atoms with Gasteiger partial charge in [-0.05, 0) is 12.1 Å². The van der Waals surface area contributed by atoms with Crippen LogP contribution in [-0.4, -0.2) is 27.1 Å². The van der Waals surface area contributed by atoms with Crippen LogP contribution in [0.2, 0.25) is 0 Å². The van der Waals surface area contributed by atoms with Gasteiger partial charge in [0.2, 0.25) is 5.95 Å². The largest absolute Gasteiger partial charge is 0.313 e. The lowest BCUT2D eigenvalue weighted by Gasteiger charge is -2.21. The van der Waals surface area contributed by atoms with E-state index in [4.69, 9.17) is 5.84 Å². The number of rotatable bonds is 3. The van der Waals surface area contributed by atoms with Crippen molar-refractivity contribution in [2.45, 2.75) is 0 Å². The van der Waals surface area contributed by atoms with Crippen molar-refractivity contribution in [2.75, 3.05) is 17.0 Å². The molecule has 1 aliphatic rings. The molecule has 3 heterocycles. The maximum absolute atomic E-state index is 13.4. The molecule has 8 heteroatoms. The standard InChI is InChI=1S/C13H14FN7/c1-20-13(2-4-17-20)21-5-3-10(16-8-21)9-6-11(14)18-12(7-9)19-15/h2-7H,8,15H2,1H3,(H,18,19). The molecule has 0 saturated heterocycles. The predicted octanol–water partition coefficient (Wildman–Crippen LogP) is 1.02. The van der Waals surface area contributed by atoms with Crippen LogP contribution in [0.5, 0.6) is 0 Å². The van der Waals surface area contributed by atoms with Gasteiger partial charge in [-0.1, -0.05) is 0 Å². The number of hydrazine groups is 1. The molecule has 3 N–H and O–H groups in total. The first kappa shape index (κ1) is 13.3. The Morgan fingerprint density at radius 1 is 1.38 bits per heavy atom. The molecule has 2 aromatic heterocycles. The predicted molar refractivity (Wildman–Crippen MR) is 78.2 cm³/mol. The first-order valence-electron chi connectivity index (χ1n) is 6.29. The van der Waals surface area contributed by atoms with Crippen molar-refractivity contribution in [2.24, 2.45) is 17.9 Å². The third-order valence-electron chi connectivity index (χ3n) is 3.13. The maximum Gasteiger partial charge on any atom is 0.215 e. The van der Waals surface area contributed by atoms with Crippen LogP contribution in [0, 0.1) is 5.95 Å². The number of aliphatic imine (C=N–C) groups is 1. The van der Waals surface area contributed by atoms with Crippen LogP contribution >= 0.6 is 0 Å². The molecule has 0 aromatic carbocycles. The van der Waals surface area contributed by atoms with Crippen LogP contribution in [0.3, 0.4) is 0 Å². The summed E-state index contributed by atoms with van der Waals surface area (Å²) in [6.45, 7) is 0.431.